The summed E-state index contributed by atoms with van der Waals surface area (Å²) in [6.07, 6.45) is 2.98. The average Bonchev–Trinajstić information content (AvgIpc) is 2.29. The third-order valence-electron chi connectivity index (χ3n) is 2.63. The molecule has 0 aliphatic carbocycles. The number of hydrogen-bond acceptors (Lipinski definition) is 2. The van der Waals surface area contributed by atoms with Crippen molar-refractivity contribution in [2.45, 2.75) is 39.2 Å². The van der Waals surface area contributed by atoms with Crippen LogP contribution in [0.3, 0.4) is 0 Å². The van der Waals surface area contributed by atoms with Crippen molar-refractivity contribution < 1.29 is 9.84 Å². The van der Waals surface area contributed by atoms with E-state index in [0.29, 0.717) is 6.61 Å². The summed E-state index contributed by atoms with van der Waals surface area (Å²) in [5, 5.41) is 9.84. The van der Waals surface area contributed by atoms with Gasteiger partial charge in [-0.2, -0.15) is 0 Å². The summed E-state index contributed by atoms with van der Waals surface area (Å²) >= 11 is 0. The number of aliphatic hydroxyl groups excluding tert-OH is 1. The molecule has 1 aromatic rings. The van der Waals surface area contributed by atoms with E-state index in [-0.39, 0.29) is 0 Å². The highest BCUT2D eigenvalue weighted by Gasteiger charge is 2.06. The van der Waals surface area contributed by atoms with E-state index in [1.807, 2.05) is 31.2 Å². The third kappa shape index (κ3) is 4.77. The molecule has 1 unspecified atom stereocenters. The second kappa shape index (κ2) is 7.42. The molecule has 1 atom stereocenters. The lowest BCUT2D eigenvalue weighted by Crippen LogP contribution is -2.08. The van der Waals surface area contributed by atoms with Crippen LogP contribution in [0.4, 0.5) is 0 Å². The van der Waals surface area contributed by atoms with E-state index in [1.165, 1.54) is 18.4 Å². The van der Waals surface area contributed by atoms with Crippen molar-refractivity contribution in [2.24, 2.45) is 0 Å². The van der Waals surface area contributed by atoms with Crippen molar-refractivity contribution in [2.75, 3.05) is 13.2 Å². The summed E-state index contributed by atoms with van der Waals surface area (Å²) in [5.74, 6) is 0. The third-order valence-corrected chi connectivity index (χ3v) is 2.63. The van der Waals surface area contributed by atoms with Crippen LogP contribution in [0.15, 0.2) is 24.3 Å². The van der Waals surface area contributed by atoms with Crippen molar-refractivity contribution in [1.29, 1.82) is 0 Å². The van der Waals surface area contributed by atoms with Gasteiger partial charge in [0, 0.05) is 6.61 Å². The molecule has 0 fully saturated rings. The van der Waals surface area contributed by atoms with Gasteiger partial charge in [-0.3, -0.25) is 0 Å². The Morgan fingerprint density at radius 3 is 2.50 bits per heavy atom. The Morgan fingerprint density at radius 1 is 1.19 bits per heavy atom. The number of hydrogen-bond donors (Lipinski definition) is 1. The van der Waals surface area contributed by atoms with Gasteiger partial charge < -0.3 is 9.84 Å². The first-order chi connectivity index (χ1) is 7.74. The summed E-state index contributed by atoms with van der Waals surface area (Å²) in [5.41, 5.74) is 2.14. The largest absolute Gasteiger partial charge is 0.386 e. The fraction of sp³-hybridized carbons (Fsp3) is 0.571. The maximum absolute atomic E-state index is 9.84. The van der Waals surface area contributed by atoms with Crippen LogP contribution in [-0.4, -0.2) is 18.3 Å². The minimum atomic E-state index is -0.498. The smallest absolute Gasteiger partial charge is 0.102 e. The Balaban J connectivity index is 2.24. The lowest BCUT2D eigenvalue weighted by molar-refractivity contribution is 0.0345. The number of benzene rings is 1. The predicted octanol–water partition coefficient (Wildman–Crippen LogP) is 3.24. The van der Waals surface area contributed by atoms with Gasteiger partial charge in [0.15, 0.2) is 0 Å². The van der Waals surface area contributed by atoms with E-state index in [4.69, 9.17) is 4.74 Å². The molecule has 0 aromatic heterocycles. The molecule has 1 N–H and O–H groups in total. The van der Waals surface area contributed by atoms with Crippen molar-refractivity contribution >= 4 is 0 Å². The van der Waals surface area contributed by atoms with Gasteiger partial charge in [0.25, 0.3) is 0 Å². The Bertz CT molecular complexity index is 279. The Kier molecular flexibility index (Phi) is 6.12. The Morgan fingerprint density at radius 2 is 1.88 bits per heavy atom. The van der Waals surface area contributed by atoms with Crippen LogP contribution < -0.4 is 0 Å². The van der Waals surface area contributed by atoms with Crippen LogP contribution >= 0.6 is 0 Å². The van der Waals surface area contributed by atoms with E-state index in [1.54, 1.807) is 0 Å². The van der Waals surface area contributed by atoms with E-state index < -0.39 is 6.10 Å². The summed E-state index contributed by atoms with van der Waals surface area (Å²) in [6.45, 7) is 5.35. The number of aliphatic hydroxyl groups is 1. The first kappa shape index (κ1) is 13.2. The van der Waals surface area contributed by atoms with Crippen molar-refractivity contribution in [3.05, 3.63) is 35.4 Å². The maximum Gasteiger partial charge on any atom is 0.102 e. The molecular weight excluding hydrogens is 200 g/mol. The molecular formula is C14H22O2. The lowest BCUT2D eigenvalue weighted by Gasteiger charge is -2.11. The molecule has 2 heteroatoms. The molecule has 0 saturated carbocycles. The van der Waals surface area contributed by atoms with Crippen LogP contribution in [-0.2, 0) is 4.74 Å². The summed E-state index contributed by atoms with van der Waals surface area (Å²) in [6, 6.07) is 7.93. The molecule has 90 valence electrons. The zero-order valence-corrected chi connectivity index (χ0v) is 10.3. The molecule has 0 amide bonds. The number of ether oxygens (including phenoxy) is 1. The van der Waals surface area contributed by atoms with E-state index in [2.05, 4.69) is 6.92 Å². The maximum atomic E-state index is 9.84. The van der Waals surface area contributed by atoms with Gasteiger partial charge in [0.2, 0.25) is 0 Å². The highest BCUT2D eigenvalue weighted by atomic mass is 16.5. The standard InChI is InChI=1S/C14H22O2/c1-3-4-5-10-16-11-14(15)13-8-6-12(2)7-9-13/h6-9,14-15H,3-5,10-11H2,1-2H3. The van der Waals surface area contributed by atoms with Gasteiger partial charge in [0.1, 0.15) is 6.10 Å². The van der Waals surface area contributed by atoms with Gasteiger partial charge in [0.05, 0.1) is 6.61 Å². The SMILES string of the molecule is CCCCCOCC(O)c1ccc(C)cc1. The first-order valence-corrected chi connectivity index (χ1v) is 6.06. The predicted molar refractivity (Wildman–Crippen MR) is 66.5 cm³/mol. The zero-order chi connectivity index (χ0) is 11.8. The lowest BCUT2D eigenvalue weighted by atomic mass is 10.1. The molecule has 16 heavy (non-hydrogen) atoms. The number of rotatable bonds is 7. The summed E-state index contributed by atoms with van der Waals surface area (Å²) < 4.78 is 5.43. The van der Waals surface area contributed by atoms with Gasteiger partial charge in [-0.1, -0.05) is 49.6 Å². The van der Waals surface area contributed by atoms with E-state index >= 15 is 0 Å². The normalized spacial score (nSPS) is 12.7. The van der Waals surface area contributed by atoms with E-state index in [0.717, 1.165) is 18.6 Å². The zero-order valence-electron chi connectivity index (χ0n) is 10.3. The highest BCUT2D eigenvalue weighted by Crippen LogP contribution is 2.13. The Hall–Kier alpha value is -0.860. The molecule has 2 nitrogen and oxygen atoms in total. The van der Waals surface area contributed by atoms with Gasteiger partial charge in [-0.05, 0) is 18.9 Å². The minimum Gasteiger partial charge on any atom is -0.386 e. The fourth-order valence-electron chi connectivity index (χ4n) is 1.53. The second-order valence-electron chi connectivity index (χ2n) is 4.21. The Labute approximate surface area is 98.3 Å². The molecule has 0 heterocycles. The molecule has 0 radical (unpaired) electrons. The van der Waals surface area contributed by atoms with E-state index in [9.17, 15) is 5.11 Å². The number of aryl methyl sites for hydroxylation is 1. The van der Waals surface area contributed by atoms with Crippen LogP contribution in [0.1, 0.15) is 43.4 Å². The van der Waals surface area contributed by atoms with Crippen LogP contribution in [0.25, 0.3) is 0 Å². The molecule has 1 aromatic carbocycles. The molecule has 0 spiro atoms. The molecule has 0 saturated heterocycles. The topological polar surface area (TPSA) is 29.5 Å². The highest BCUT2D eigenvalue weighted by molar-refractivity contribution is 5.23. The first-order valence-electron chi connectivity index (χ1n) is 6.06. The number of unbranched alkanes of at least 4 members (excludes halogenated alkanes) is 2. The quantitative estimate of drug-likeness (QED) is 0.718. The van der Waals surface area contributed by atoms with Crippen molar-refractivity contribution in [3.63, 3.8) is 0 Å². The van der Waals surface area contributed by atoms with Crippen molar-refractivity contribution in [1.82, 2.24) is 0 Å². The fourth-order valence-corrected chi connectivity index (χ4v) is 1.53. The summed E-state index contributed by atoms with van der Waals surface area (Å²) in [4.78, 5) is 0. The van der Waals surface area contributed by atoms with Gasteiger partial charge >= 0.3 is 0 Å². The van der Waals surface area contributed by atoms with Gasteiger partial charge in [-0.15, -0.1) is 0 Å². The van der Waals surface area contributed by atoms with Crippen LogP contribution in [0.5, 0.6) is 0 Å². The van der Waals surface area contributed by atoms with Gasteiger partial charge in [-0.25, -0.2) is 0 Å². The second-order valence-corrected chi connectivity index (χ2v) is 4.21. The average molecular weight is 222 g/mol. The minimum absolute atomic E-state index is 0.396. The molecule has 0 aliphatic heterocycles. The van der Waals surface area contributed by atoms with Crippen LogP contribution in [0.2, 0.25) is 0 Å². The van der Waals surface area contributed by atoms with Crippen LogP contribution in [0, 0.1) is 6.92 Å². The molecule has 0 bridgehead atoms. The monoisotopic (exact) mass is 222 g/mol. The molecule has 0 aliphatic rings. The molecule has 1 rings (SSSR count). The van der Waals surface area contributed by atoms with Crippen molar-refractivity contribution in [3.8, 4) is 0 Å². The summed E-state index contributed by atoms with van der Waals surface area (Å²) in [7, 11) is 0.